The molecular formula is C22H33NO3. The third-order valence-electron chi connectivity index (χ3n) is 3.69. The van der Waals surface area contributed by atoms with Crippen molar-refractivity contribution in [3.63, 3.8) is 0 Å². The van der Waals surface area contributed by atoms with Gasteiger partial charge in [0.25, 0.3) is 0 Å². The molecule has 0 aliphatic carbocycles. The molecule has 0 saturated heterocycles. The van der Waals surface area contributed by atoms with E-state index in [1.165, 1.54) is 0 Å². The largest absolute Gasteiger partial charge is 0.303 e. The van der Waals surface area contributed by atoms with Crippen LogP contribution in [0, 0.1) is 10.1 Å². The smallest absolute Gasteiger partial charge is 0.246 e. The van der Waals surface area contributed by atoms with Crippen molar-refractivity contribution in [2.45, 2.75) is 71.1 Å². The van der Waals surface area contributed by atoms with Crippen molar-refractivity contribution in [2.24, 2.45) is 0 Å². The first-order valence-corrected chi connectivity index (χ1v) is 9.59. The van der Waals surface area contributed by atoms with Crippen LogP contribution in [-0.4, -0.2) is 11.2 Å². The third kappa shape index (κ3) is 16.6. The molecule has 0 unspecified atom stereocenters. The van der Waals surface area contributed by atoms with Gasteiger partial charge in [0.05, 0.1) is 11.3 Å². The number of hydrogen-bond donors (Lipinski definition) is 0. The predicted molar refractivity (Wildman–Crippen MR) is 110 cm³/mol. The Hall–Kier alpha value is -2.23. The molecule has 0 aromatic rings. The second-order valence-electron chi connectivity index (χ2n) is 5.96. The van der Waals surface area contributed by atoms with Crippen LogP contribution in [0.2, 0.25) is 0 Å². The number of rotatable bonds is 16. The van der Waals surface area contributed by atoms with Crippen LogP contribution >= 0.6 is 0 Å². The quantitative estimate of drug-likeness (QED) is 0.104. The Balaban J connectivity index is 3.86. The molecule has 4 nitrogen and oxygen atoms in total. The van der Waals surface area contributed by atoms with Gasteiger partial charge in [-0.25, -0.2) is 0 Å². The minimum atomic E-state index is -0.302. The fraction of sp³-hybridized carbons (Fsp3) is 0.500. The Morgan fingerprint density at radius 3 is 2.08 bits per heavy atom. The van der Waals surface area contributed by atoms with E-state index in [1.54, 1.807) is 6.08 Å². The SMILES string of the molecule is CC/C=C/C/C=C(/C/C=C/C/C=C/C/C=C/CCCCCC=O)[N+](=O)[O-]. The molecule has 0 radical (unpaired) electrons. The van der Waals surface area contributed by atoms with Crippen molar-refractivity contribution in [1.29, 1.82) is 0 Å². The second-order valence-corrected chi connectivity index (χ2v) is 5.96. The lowest BCUT2D eigenvalue weighted by Crippen LogP contribution is -1.97. The number of aldehydes is 1. The summed E-state index contributed by atoms with van der Waals surface area (Å²) in [6, 6.07) is 0. The molecule has 0 rings (SSSR count). The minimum Gasteiger partial charge on any atom is -0.303 e. The number of allylic oxidation sites excluding steroid dienone is 9. The van der Waals surface area contributed by atoms with Gasteiger partial charge in [-0.2, -0.15) is 0 Å². The molecule has 4 heteroatoms. The highest BCUT2D eigenvalue weighted by molar-refractivity contribution is 5.48. The predicted octanol–water partition coefficient (Wildman–Crippen LogP) is 6.49. The topological polar surface area (TPSA) is 60.2 Å². The van der Waals surface area contributed by atoms with E-state index in [4.69, 9.17) is 0 Å². The van der Waals surface area contributed by atoms with Crippen LogP contribution in [0.5, 0.6) is 0 Å². The van der Waals surface area contributed by atoms with Gasteiger partial charge in [0, 0.05) is 6.42 Å². The Morgan fingerprint density at radius 2 is 1.42 bits per heavy atom. The van der Waals surface area contributed by atoms with Crippen LogP contribution < -0.4 is 0 Å². The van der Waals surface area contributed by atoms with E-state index in [-0.39, 0.29) is 10.6 Å². The highest BCUT2D eigenvalue weighted by Gasteiger charge is 2.06. The van der Waals surface area contributed by atoms with Gasteiger partial charge >= 0.3 is 0 Å². The molecule has 144 valence electrons. The lowest BCUT2D eigenvalue weighted by Gasteiger charge is -1.93. The molecule has 0 aliphatic heterocycles. The Morgan fingerprint density at radius 1 is 0.808 bits per heavy atom. The van der Waals surface area contributed by atoms with Crippen molar-refractivity contribution in [2.75, 3.05) is 0 Å². The molecule has 0 atom stereocenters. The zero-order chi connectivity index (χ0) is 19.3. The molecule has 0 spiro atoms. The van der Waals surface area contributed by atoms with Crippen LogP contribution in [-0.2, 0) is 4.79 Å². The molecule has 0 saturated carbocycles. The number of hydrogen-bond acceptors (Lipinski definition) is 3. The summed E-state index contributed by atoms with van der Waals surface area (Å²) >= 11 is 0. The van der Waals surface area contributed by atoms with E-state index in [0.717, 1.165) is 51.2 Å². The van der Waals surface area contributed by atoms with E-state index in [2.05, 4.69) is 24.3 Å². The van der Waals surface area contributed by atoms with E-state index in [1.807, 2.05) is 31.2 Å². The monoisotopic (exact) mass is 359 g/mol. The van der Waals surface area contributed by atoms with Gasteiger partial charge in [0.2, 0.25) is 5.70 Å². The first kappa shape index (κ1) is 23.8. The average Bonchev–Trinajstić information content (AvgIpc) is 2.63. The summed E-state index contributed by atoms with van der Waals surface area (Å²) in [5.74, 6) is 0. The molecule has 0 bridgehead atoms. The molecule has 0 fully saturated rings. The van der Waals surface area contributed by atoms with Crippen LogP contribution in [0.15, 0.2) is 60.4 Å². The molecule has 0 N–H and O–H groups in total. The maximum Gasteiger partial charge on any atom is 0.246 e. The van der Waals surface area contributed by atoms with Crippen LogP contribution in [0.1, 0.15) is 71.1 Å². The third-order valence-corrected chi connectivity index (χ3v) is 3.69. The van der Waals surface area contributed by atoms with Crippen molar-refractivity contribution >= 4 is 6.29 Å². The lowest BCUT2D eigenvalue weighted by molar-refractivity contribution is -0.427. The zero-order valence-electron chi connectivity index (χ0n) is 16.0. The minimum absolute atomic E-state index is 0.252. The average molecular weight is 360 g/mol. The molecule has 0 aliphatic rings. The molecule has 0 amide bonds. The van der Waals surface area contributed by atoms with Crippen LogP contribution in [0.3, 0.4) is 0 Å². The van der Waals surface area contributed by atoms with Gasteiger partial charge in [0.1, 0.15) is 6.29 Å². The van der Waals surface area contributed by atoms with Gasteiger partial charge in [0.15, 0.2) is 0 Å². The van der Waals surface area contributed by atoms with E-state index < -0.39 is 0 Å². The highest BCUT2D eigenvalue weighted by atomic mass is 16.6. The van der Waals surface area contributed by atoms with E-state index in [9.17, 15) is 14.9 Å². The number of nitrogens with zero attached hydrogens (tertiary/aromatic N) is 1. The Kier molecular flexibility index (Phi) is 17.5. The summed E-state index contributed by atoms with van der Waals surface area (Å²) in [5.41, 5.74) is 0.252. The maximum absolute atomic E-state index is 11.0. The summed E-state index contributed by atoms with van der Waals surface area (Å²) < 4.78 is 0. The summed E-state index contributed by atoms with van der Waals surface area (Å²) in [7, 11) is 0. The highest BCUT2D eigenvalue weighted by Crippen LogP contribution is 2.07. The number of carbonyl (C=O) groups is 1. The molecule has 0 aromatic carbocycles. The first-order chi connectivity index (χ1) is 12.7. The van der Waals surface area contributed by atoms with E-state index in [0.29, 0.717) is 19.3 Å². The first-order valence-electron chi connectivity index (χ1n) is 9.59. The number of unbranched alkanes of at least 4 members (excludes halogenated alkanes) is 4. The molecule has 26 heavy (non-hydrogen) atoms. The van der Waals surface area contributed by atoms with Crippen molar-refractivity contribution < 1.29 is 9.72 Å². The van der Waals surface area contributed by atoms with Gasteiger partial charge in [-0.3, -0.25) is 10.1 Å². The summed E-state index contributed by atoms with van der Waals surface area (Å²) in [6.45, 7) is 2.04. The number of nitro groups is 1. The van der Waals surface area contributed by atoms with Gasteiger partial charge in [-0.05, 0) is 51.0 Å². The molecular weight excluding hydrogens is 326 g/mol. The standard InChI is InChI=1S/C22H33NO3/c1-2-3-4-16-19-22(23(25)26)20-17-14-12-10-8-6-5-7-9-11-13-15-18-21-24/h3-5,7-8,10,14,17,19,21H,2,6,9,11-13,15-16,18,20H2,1H3/b4-3+,7-5+,10-8+,17-14+,22-19-. The van der Waals surface area contributed by atoms with Crippen molar-refractivity contribution in [3.8, 4) is 0 Å². The summed E-state index contributed by atoms with van der Waals surface area (Å²) in [6.07, 6.45) is 27.6. The van der Waals surface area contributed by atoms with Crippen LogP contribution in [0.4, 0.5) is 0 Å². The van der Waals surface area contributed by atoms with Gasteiger partial charge in [-0.1, -0.05) is 62.0 Å². The molecule has 0 heterocycles. The zero-order valence-corrected chi connectivity index (χ0v) is 16.0. The van der Waals surface area contributed by atoms with Crippen molar-refractivity contribution in [1.82, 2.24) is 0 Å². The Bertz CT molecular complexity index is 513. The van der Waals surface area contributed by atoms with Crippen molar-refractivity contribution in [3.05, 3.63) is 70.5 Å². The van der Waals surface area contributed by atoms with Crippen LogP contribution in [0.25, 0.3) is 0 Å². The van der Waals surface area contributed by atoms with E-state index >= 15 is 0 Å². The van der Waals surface area contributed by atoms with Gasteiger partial charge in [-0.15, -0.1) is 0 Å². The fourth-order valence-corrected chi connectivity index (χ4v) is 2.23. The maximum atomic E-state index is 11.0. The summed E-state index contributed by atoms with van der Waals surface area (Å²) in [5, 5.41) is 11.0. The normalized spacial score (nSPS) is 12.9. The van der Waals surface area contributed by atoms with Gasteiger partial charge < -0.3 is 4.79 Å². The fourth-order valence-electron chi connectivity index (χ4n) is 2.23. The second kappa shape index (κ2) is 19.1. The summed E-state index contributed by atoms with van der Waals surface area (Å²) in [4.78, 5) is 20.8. The molecule has 0 aromatic heterocycles. The Labute approximate surface area is 158 Å². The lowest BCUT2D eigenvalue weighted by atomic mass is 10.1. The number of carbonyl (C=O) groups excluding carboxylic acids is 1.